The van der Waals surface area contributed by atoms with Crippen molar-refractivity contribution in [3.05, 3.63) is 0 Å². The smallest absolute Gasteiger partial charge is 0.0524 e. The van der Waals surface area contributed by atoms with E-state index < -0.39 is 0 Å². The van der Waals surface area contributed by atoms with E-state index in [4.69, 9.17) is 0 Å². The predicted molar refractivity (Wildman–Crippen MR) is 56.5 cm³/mol. The molecule has 0 spiro atoms. The maximum absolute atomic E-state index is 4.29. The van der Waals surface area contributed by atoms with E-state index in [0.29, 0.717) is 0 Å². The van der Waals surface area contributed by atoms with Crippen LogP contribution < -0.4 is 0 Å². The van der Waals surface area contributed by atoms with Gasteiger partial charge in [0.15, 0.2) is 0 Å². The summed E-state index contributed by atoms with van der Waals surface area (Å²) in [5.74, 6) is 0. The summed E-state index contributed by atoms with van der Waals surface area (Å²) >= 11 is 0. The molecule has 12 heavy (non-hydrogen) atoms. The van der Waals surface area contributed by atoms with E-state index in [2.05, 4.69) is 51.5 Å². The van der Waals surface area contributed by atoms with E-state index in [1.807, 2.05) is 0 Å². The highest BCUT2D eigenvalue weighted by Crippen LogP contribution is 2.05. The molecule has 0 heterocycles. The molecule has 0 aromatic rings. The second-order valence-corrected chi connectivity index (χ2v) is 4.90. The predicted octanol–water partition coefficient (Wildman–Crippen LogP) is 2.73. The highest BCUT2D eigenvalue weighted by molar-refractivity contribution is 6.16. The Kier molecular flexibility index (Phi) is 3.62. The molecule has 0 fully saturated rings. The van der Waals surface area contributed by atoms with Gasteiger partial charge in [-0.1, -0.05) is 0 Å². The third-order valence-corrected chi connectivity index (χ3v) is 0.990. The molecule has 0 radical (unpaired) electrons. The van der Waals surface area contributed by atoms with Crippen LogP contribution in [0.5, 0.6) is 0 Å². The molecule has 0 saturated heterocycles. The lowest BCUT2D eigenvalue weighted by Gasteiger charge is -2.11. The van der Waals surface area contributed by atoms with Crippen LogP contribution in [0.15, 0.2) is 9.98 Å². The van der Waals surface area contributed by atoms with Crippen LogP contribution in [0.2, 0.25) is 0 Å². The molecule has 0 rings (SSSR count). The minimum atomic E-state index is 0.00387. The molecule has 0 amide bonds. The Hall–Kier alpha value is -0.660. The Balaban J connectivity index is 4.00. The normalized spacial score (nSPS) is 14.8. The Morgan fingerprint density at radius 3 is 1.08 bits per heavy atom. The van der Waals surface area contributed by atoms with Crippen LogP contribution in [0.25, 0.3) is 0 Å². The molecule has 2 heteroatoms. The molecule has 0 aromatic carbocycles. The Labute approximate surface area is 75.8 Å². The lowest BCUT2D eigenvalue weighted by atomic mass is 10.1. The zero-order valence-corrected chi connectivity index (χ0v) is 9.05. The monoisotopic (exact) mass is 168 g/mol. The van der Waals surface area contributed by atoms with Crippen molar-refractivity contribution >= 4 is 12.4 Å². The van der Waals surface area contributed by atoms with Crippen molar-refractivity contribution in [2.45, 2.75) is 52.6 Å². The van der Waals surface area contributed by atoms with Gasteiger partial charge in [-0.25, -0.2) is 0 Å². The standard InChI is InChI=1S/C10H20N2/c1-9(2,3)11-7-8-12-10(4,5)6/h7-8H,1-6H3/b11-7-,12-8-. The summed E-state index contributed by atoms with van der Waals surface area (Å²) in [4.78, 5) is 8.57. The number of hydrogen-bond donors (Lipinski definition) is 0. The van der Waals surface area contributed by atoms with E-state index in [-0.39, 0.29) is 11.1 Å². The van der Waals surface area contributed by atoms with Crippen molar-refractivity contribution in [3.63, 3.8) is 0 Å². The van der Waals surface area contributed by atoms with Gasteiger partial charge in [0.2, 0.25) is 0 Å². The zero-order valence-electron chi connectivity index (χ0n) is 9.05. The summed E-state index contributed by atoms with van der Waals surface area (Å²) in [6.07, 6.45) is 3.54. The molecule has 0 atom stereocenters. The summed E-state index contributed by atoms with van der Waals surface area (Å²) in [5, 5.41) is 0. The van der Waals surface area contributed by atoms with Gasteiger partial charge in [0.05, 0.1) is 11.1 Å². The van der Waals surface area contributed by atoms with Crippen molar-refractivity contribution in [2.75, 3.05) is 0 Å². The minimum absolute atomic E-state index is 0.00387. The molecule has 0 N–H and O–H groups in total. The summed E-state index contributed by atoms with van der Waals surface area (Å²) in [5.41, 5.74) is 0.00775. The molecule has 0 aliphatic carbocycles. The SMILES string of the molecule is CC(C)(C)/N=C\C=N/C(C)(C)C. The van der Waals surface area contributed by atoms with Crippen LogP contribution in [0.1, 0.15) is 41.5 Å². The Morgan fingerprint density at radius 2 is 0.917 bits per heavy atom. The summed E-state index contributed by atoms with van der Waals surface area (Å²) < 4.78 is 0. The van der Waals surface area contributed by atoms with E-state index in [0.717, 1.165) is 0 Å². The van der Waals surface area contributed by atoms with Crippen LogP contribution in [0, 0.1) is 0 Å². The van der Waals surface area contributed by atoms with E-state index >= 15 is 0 Å². The molecule has 2 nitrogen and oxygen atoms in total. The molecule has 0 aromatic heterocycles. The lowest BCUT2D eigenvalue weighted by Crippen LogP contribution is -2.12. The van der Waals surface area contributed by atoms with Gasteiger partial charge in [0, 0.05) is 12.4 Å². The van der Waals surface area contributed by atoms with Crippen molar-refractivity contribution in [1.82, 2.24) is 0 Å². The fraction of sp³-hybridized carbons (Fsp3) is 0.800. The molecular weight excluding hydrogens is 148 g/mol. The van der Waals surface area contributed by atoms with Gasteiger partial charge in [-0.3, -0.25) is 9.98 Å². The Morgan fingerprint density at radius 1 is 0.667 bits per heavy atom. The third kappa shape index (κ3) is 9.34. The minimum Gasteiger partial charge on any atom is -0.286 e. The molecule has 0 bridgehead atoms. The lowest BCUT2D eigenvalue weighted by molar-refractivity contribution is 0.583. The third-order valence-electron chi connectivity index (χ3n) is 0.990. The van der Waals surface area contributed by atoms with Gasteiger partial charge < -0.3 is 0 Å². The second kappa shape index (κ2) is 3.83. The first-order valence-electron chi connectivity index (χ1n) is 4.30. The average Bonchev–Trinajstić information content (AvgIpc) is 1.76. The van der Waals surface area contributed by atoms with Crippen molar-refractivity contribution in [1.29, 1.82) is 0 Å². The van der Waals surface area contributed by atoms with Gasteiger partial charge in [-0.2, -0.15) is 0 Å². The molecule has 0 saturated carbocycles. The highest BCUT2D eigenvalue weighted by Gasteiger charge is 2.05. The van der Waals surface area contributed by atoms with Gasteiger partial charge in [-0.05, 0) is 41.5 Å². The number of aliphatic imine (C=N–C) groups is 2. The van der Waals surface area contributed by atoms with Crippen molar-refractivity contribution in [2.24, 2.45) is 9.98 Å². The van der Waals surface area contributed by atoms with Crippen LogP contribution in [0.3, 0.4) is 0 Å². The van der Waals surface area contributed by atoms with Gasteiger partial charge >= 0.3 is 0 Å². The van der Waals surface area contributed by atoms with Crippen LogP contribution >= 0.6 is 0 Å². The average molecular weight is 168 g/mol. The van der Waals surface area contributed by atoms with Crippen molar-refractivity contribution in [3.8, 4) is 0 Å². The van der Waals surface area contributed by atoms with Gasteiger partial charge in [-0.15, -0.1) is 0 Å². The first kappa shape index (κ1) is 11.3. The van der Waals surface area contributed by atoms with E-state index in [1.54, 1.807) is 12.4 Å². The molecular formula is C10H20N2. The molecule has 0 aliphatic rings. The first-order chi connectivity index (χ1) is 5.21. The number of rotatable bonds is 1. The fourth-order valence-corrected chi connectivity index (χ4v) is 0.514. The number of nitrogens with zero attached hydrogens (tertiary/aromatic N) is 2. The first-order valence-corrected chi connectivity index (χ1v) is 4.30. The zero-order chi connectivity index (χ0) is 9.83. The van der Waals surface area contributed by atoms with Crippen molar-refractivity contribution < 1.29 is 0 Å². The largest absolute Gasteiger partial charge is 0.286 e. The summed E-state index contributed by atoms with van der Waals surface area (Å²) in [6, 6.07) is 0. The van der Waals surface area contributed by atoms with Gasteiger partial charge in [0.1, 0.15) is 0 Å². The maximum atomic E-state index is 4.29. The maximum Gasteiger partial charge on any atom is 0.0524 e. The second-order valence-electron chi connectivity index (χ2n) is 4.90. The van der Waals surface area contributed by atoms with E-state index in [9.17, 15) is 0 Å². The fourth-order valence-electron chi connectivity index (χ4n) is 0.514. The van der Waals surface area contributed by atoms with Gasteiger partial charge in [0.25, 0.3) is 0 Å². The van der Waals surface area contributed by atoms with Crippen LogP contribution in [-0.2, 0) is 0 Å². The molecule has 70 valence electrons. The number of hydrogen-bond acceptors (Lipinski definition) is 2. The topological polar surface area (TPSA) is 24.7 Å². The summed E-state index contributed by atoms with van der Waals surface area (Å²) in [6.45, 7) is 12.4. The van der Waals surface area contributed by atoms with Crippen LogP contribution in [-0.4, -0.2) is 23.5 Å². The Bertz CT molecular complexity index is 155. The quantitative estimate of drug-likeness (QED) is 0.538. The van der Waals surface area contributed by atoms with E-state index in [1.165, 1.54) is 0 Å². The molecule has 0 aliphatic heterocycles. The molecule has 0 unspecified atom stereocenters. The summed E-state index contributed by atoms with van der Waals surface area (Å²) in [7, 11) is 0. The highest BCUT2D eigenvalue weighted by atomic mass is 14.8. The van der Waals surface area contributed by atoms with Crippen LogP contribution in [0.4, 0.5) is 0 Å².